The van der Waals surface area contributed by atoms with E-state index < -0.39 is 0 Å². The van der Waals surface area contributed by atoms with Crippen molar-refractivity contribution in [2.75, 3.05) is 7.11 Å². The SMILES string of the molecule is COC(=O)C1CCC(OCc2ccc(Br)cc2)CC1. The molecule has 0 atom stereocenters. The maximum Gasteiger partial charge on any atom is 0.308 e. The minimum Gasteiger partial charge on any atom is -0.469 e. The molecule has 0 saturated heterocycles. The van der Waals surface area contributed by atoms with Crippen molar-refractivity contribution in [3.63, 3.8) is 0 Å². The molecule has 104 valence electrons. The number of hydrogen-bond donors (Lipinski definition) is 0. The van der Waals surface area contributed by atoms with E-state index in [1.54, 1.807) is 0 Å². The second-order valence-corrected chi connectivity index (χ2v) is 5.85. The van der Waals surface area contributed by atoms with E-state index in [1.165, 1.54) is 12.7 Å². The van der Waals surface area contributed by atoms with Crippen molar-refractivity contribution in [2.45, 2.75) is 38.4 Å². The van der Waals surface area contributed by atoms with Crippen molar-refractivity contribution >= 4 is 21.9 Å². The monoisotopic (exact) mass is 326 g/mol. The van der Waals surface area contributed by atoms with Gasteiger partial charge in [-0.2, -0.15) is 0 Å². The van der Waals surface area contributed by atoms with E-state index >= 15 is 0 Å². The molecule has 0 aromatic heterocycles. The van der Waals surface area contributed by atoms with Crippen LogP contribution in [-0.4, -0.2) is 19.2 Å². The van der Waals surface area contributed by atoms with Gasteiger partial charge in [0.15, 0.2) is 0 Å². The van der Waals surface area contributed by atoms with Gasteiger partial charge < -0.3 is 9.47 Å². The number of carbonyl (C=O) groups is 1. The lowest BCUT2D eigenvalue weighted by Crippen LogP contribution is -2.26. The zero-order valence-corrected chi connectivity index (χ0v) is 12.7. The van der Waals surface area contributed by atoms with Crippen molar-refractivity contribution in [3.05, 3.63) is 34.3 Å². The molecule has 0 unspecified atom stereocenters. The van der Waals surface area contributed by atoms with E-state index in [9.17, 15) is 4.79 Å². The first-order chi connectivity index (χ1) is 9.19. The molecule has 2 rings (SSSR count). The standard InChI is InChI=1S/C15H19BrO3/c1-18-15(17)12-4-8-14(9-5-12)19-10-11-2-6-13(16)7-3-11/h2-3,6-7,12,14H,4-5,8-10H2,1H3. The molecule has 0 N–H and O–H groups in total. The average Bonchev–Trinajstić information content (AvgIpc) is 2.46. The third kappa shape index (κ3) is 4.32. The van der Waals surface area contributed by atoms with Gasteiger partial charge in [0.05, 0.1) is 25.7 Å². The maximum atomic E-state index is 11.4. The molecule has 4 heteroatoms. The molecule has 1 aliphatic rings. The summed E-state index contributed by atoms with van der Waals surface area (Å²) in [6, 6.07) is 8.16. The van der Waals surface area contributed by atoms with Gasteiger partial charge in [-0.3, -0.25) is 4.79 Å². The van der Waals surface area contributed by atoms with Crippen LogP contribution in [0.2, 0.25) is 0 Å². The van der Waals surface area contributed by atoms with Crippen molar-refractivity contribution in [3.8, 4) is 0 Å². The molecular formula is C15H19BrO3. The Bertz CT molecular complexity index is 408. The summed E-state index contributed by atoms with van der Waals surface area (Å²) in [5.74, 6) is -0.0103. The lowest BCUT2D eigenvalue weighted by Gasteiger charge is -2.27. The number of benzene rings is 1. The number of ether oxygens (including phenoxy) is 2. The number of methoxy groups -OCH3 is 1. The summed E-state index contributed by atoms with van der Waals surface area (Å²) in [7, 11) is 1.46. The third-order valence-electron chi connectivity index (χ3n) is 3.61. The largest absolute Gasteiger partial charge is 0.469 e. The Labute approximate surface area is 122 Å². The van der Waals surface area contributed by atoms with Gasteiger partial charge in [-0.05, 0) is 43.4 Å². The summed E-state index contributed by atoms with van der Waals surface area (Å²) >= 11 is 3.42. The second-order valence-electron chi connectivity index (χ2n) is 4.93. The number of carbonyl (C=O) groups excluding carboxylic acids is 1. The molecule has 0 amide bonds. The summed E-state index contributed by atoms with van der Waals surface area (Å²) in [6.45, 7) is 0.640. The van der Waals surface area contributed by atoms with Gasteiger partial charge in [0.2, 0.25) is 0 Å². The minimum absolute atomic E-state index is 0.0672. The lowest BCUT2D eigenvalue weighted by atomic mass is 9.87. The average molecular weight is 327 g/mol. The highest BCUT2D eigenvalue weighted by atomic mass is 79.9. The molecule has 1 aromatic carbocycles. The van der Waals surface area contributed by atoms with Gasteiger partial charge in [-0.25, -0.2) is 0 Å². The number of halogens is 1. The van der Waals surface area contributed by atoms with Crippen molar-refractivity contribution in [1.82, 2.24) is 0 Å². The van der Waals surface area contributed by atoms with Crippen LogP contribution in [0.4, 0.5) is 0 Å². The smallest absolute Gasteiger partial charge is 0.308 e. The van der Waals surface area contributed by atoms with Crippen LogP contribution in [0.25, 0.3) is 0 Å². The topological polar surface area (TPSA) is 35.5 Å². The molecule has 0 spiro atoms. The molecule has 1 saturated carbocycles. The highest BCUT2D eigenvalue weighted by molar-refractivity contribution is 9.10. The molecular weight excluding hydrogens is 308 g/mol. The lowest BCUT2D eigenvalue weighted by molar-refractivity contribution is -0.147. The first-order valence-corrected chi connectivity index (χ1v) is 7.42. The second kappa shape index (κ2) is 7.06. The van der Waals surface area contributed by atoms with Crippen molar-refractivity contribution < 1.29 is 14.3 Å². The van der Waals surface area contributed by atoms with Gasteiger partial charge in [0.1, 0.15) is 0 Å². The first kappa shape index (κ1) is 14.5. The Morgan fingerprint density at radius 3 is 2.42 bits per heavy atom. The fraction of sp³-hybridized carbons (Fsp3) is 0.533. The molecule has 0 aliphatic heterocycles. The quantitative estimate of drug-likeness (QED) is 0.791. The zero-order chi connectivity index (χ0) is 13.7. The highest BCUT2D eigenvalue weighted by Crippen LogP contribution is 2.27. The maximum absolute atomic E-state index is 11.4. The van der Waals surface area contributed by atoms with Crippen LogP contribution < -0.4 is 0 Å². The van der Waals surface area contributed by atoms with E-state index in [4.69, 9.17) is 9.47 Å². The summed E-state index contributed by atoms with van der Waals surface area (Å²) < 4.78 is 11.8. The Morgan fingerprint density at radius 2 is 1.84 bits per heavy atom. The summed E-state index contributed by atoms with van der Waals surface area (Å²) in [6.07, 6.45) is 3.90. The van der Waals surface area contributed by atoms with Gasteiger partial charge >= 0.3 is 5.97 Å². The first-order valence-electron chi connectivity index (χ1n) is 6.63. The van der Waals surface area contributed by atoms with Crippen molar-refractivity contribution in [2.24, 2.45) is 5.92 Å². The molecule has 3 nitrogen and oxygen atoms in total. The van der Waals surface area contributed by atoms with Gasteiger partial charge in [-0.15, -0.1) is 0 Å². The van der Waals surface area contributed by atoms with E-state index in [0.717, 1.165) is 30.2 Å². The summed E-state index contributed by atoms with van der Waals surface area (Å²) in [5, 5.41) is 0. The van der Waals surface area contributed by atoms with Gasteiger partial charge in [0.25, 0.3) is 0 Å². The molecule has 1 aromatic rings. The van der Waals surface area contributed by atoms with Crippen LogP contribution in [0.15, 0.2) is 28.7 Å². The minimum atomic E-state index is -0.0774. The van der Waals surface area contributed by atoms with Crippen LogP contribution in [0.5, 0.6) is 0 Å². The molecule has 1 aliphatic carbocycles. The third-order valence-corrected chi connectivity index (χ3v) is 4.14. The zero-order valence-electron chi connectivity index (χ0n) is 11.1. The molecule has 1 fully saturated rings. The Balaban J connectivity index is 1.74. The predicted molar refractivity (Wildman–Crippen MR) is 76.7 cm³/mol. The van der Waals surface area contributed by atoms with E-state index in [-0.39, 0.29) is 18.0 Å². The fourth-order valence-electron chi connectivity index (χ4n) is 2.43. The van der Waals surface area contributed by atoms with E-state index in [0.29, 0.717) is 6.61 Å². The highest BCUT2D eigenvalue weighted by Gasteiger charge is 2.27. The van der Waals surface area contributed by atoms with Gasteiger partial charge in [0, 0.05) is 4.47 Å². The van der Waals surface area contributed by atoms with E-state index in [2.05, 4.69) is 28.1 Å². The number of rotatable bonds is 4. The number of hydrogen-bond acceptors (Lipinski definition) is 3. The van der Waals surface area contributed by atoms with Gasteiger partial charge in [-0.1, -0.05) is 28.1 Å². The summed E-state index contributed by atoms with van der Waals surface area (Å²) in [4.78, 5) is 11.4. The number of esters is 1. The Hall–Kier alpha value is -0.870. The Morgan fingerprint density at radius 1 is 1.21 bits per heavy atom. The van der Waals surface area contributed by atoms with Crippen LogP contribution in [0.3, 0.4) is 0 Å². The van der Waals surface area contributed by atoms with Crippen LogP contribution in [0, 0.1) is 5.92 Å². The predicted octanol–water partition coefficient (Wildman–Crippen LogP) is 3.70. The van der Waals surface area contributed by atoms with Crippen molar-refractivity contribution in [1.29, 1.82) is 0 Å². The van der Waals surface area contributed by atoms with Crippen LogP contribution in [0.1, 0.15) is 31.2 Å². The van der Waals surface area contributed by atoms with E-state index in [1.807, 2.05) is 12.1 Å². The molecule has 0 heterocycles. The fourth-order valence-corrected chi connectivity index (χ4v) is 2.69. The molecule has 0 bridgehead atoms. The molecule has 0 radical (unpaired) electrons. The normalized spacial score (nSPS) is 23.1. The summed E-state index contributed by atoms with van der Waals surface area (Å²) in [5.41, 5.74) is 1.18. The van der Waals surface area contributed by atoms with Crippen LogP contribution >= 0.6 is 15.9 Å². The Kier molecular flexibility index (Phi) is 5.40. The molecule has 19 heavy (non-hydrogen) atoms. The van der Waals surface area contributed by atoms with Crippen LogP contribution in [-0.2, 0) is 20.9 Å².